The highest BCUT2D eigenvalue weighted by atomic mass is 19.4. The van der Waals surface area contributed by atoms with Crippen molar-refractivity contribution >= 4 is 0 Å². The molecular formula is C14H21F3N2O. The predicted octanol–water partition coefficient (Wildman–Crippen LogP) is 2.83. The quantitative estimate of drug-likeness (QED) is 0.873. The van der Waals surface area contributed by atoms with Gasteiger partial charge in [-0.1, -0.05) is 0 Å². The molecule has 2 atom stereocenters. The molecular weight excluding hydrogens is 269 g/mol. The van der Waals surface area contributed by atoms with Crippen LogP contribution in [-0.4, -0.2) is 42.8 Å². The molecule has 0 saturated carbocycles. The van der Waals surface area contributed by atoms with Gasteiger partial charge >= 0.3 is 6.18 Å². The smallest absolute Gasteiger partial charge is 0.401 e. The number of aryl methyl sites for hydroxylation is 1. The van der Waals surface area contributed by atoms with E-state index in [-0.39, 0.29) is 12.1 Å². The summed E-state index contributed by atoms with van der Waals surface area (Å²) in [5.74, 6) is 0.948. The van der Waals surface area contributed by atoms with Crippen LogP contribution < -0.4 is 5.32 Å². The summed E-state index contributed by atoms with van der Waals surface area (Å²) >= 11 is 0. The number of nitrogens with zero attached hydrogens (tertiary/aromatic N) is 1. The van der Waals surface area contributed by atoms with Gasteiger partial charge in [-0.15, -0.1) is 0 Å². The molecule has 1 fully saturated rings. The van der Waals surface area contributed by atoms with E-state index in [9.17, 15) is 13.2 Å². The molecule has 1 aliphatic rings. The summed E-state index contributed by atoms with van der Waals surface area (Å²) in [6.07, 6.45) is 0.101. The van der Waals surface area contributed by atoms with Crippen LogP contribution in [0, 0.1) is 0 Å². The maximum absolute atomic E-state index is 12.3. The van der Waals surface area contributed by atoms with E-state index in [0.717, 1.165) is 25.0 Å². The Hall–Kier alpha value is -1.01. The van der Waals surface area contributed by atoms with E-state index in [1.165, 1.54) is 4.90 Å². The monoisotopic (exact) mass is 290 g/mol. The van der Waals surface area contributed by atoms with Crippen LogP contribution in [0.4, 0.5) is 13.2 Å². The van der Waals surface area contributed by atoms with Crippen molar-refractivity contribution < 1.29 is 17.6 Å². The molecule has 114 valence electrons. The zero-order valence-corrected chi connectivity index (χ0v) is 11.6. The molecule has 1 saturated heterocycles. The molecule has 1 N–H and O–H groups in total. The molecule has 1 aliphatic heterocycles. The van der Waals surface area contributed by atoms with E-state index in [2.05, 4.69) is 12.2 Å². The lowest BCUT2D eigenvalue weighted by Gasteiger charge is -2.21. The van der Waals surface area contributed by atoms with E-state index in [1.54, 1.807) is 6.26 Å². The average Bonchev–Trinajstić information content (AvgIpc) is 2.96. The Morgan fingerprint density at radius 3 is 2.95 bits per heavy atom. The lowest BCUT2D eigenvalue weighted by atomic mass is 10.1. The predicted molar refractivity (Wildman–Crippen MR) is 70.5 cm³/mol. The average molecular weight is 290 g/mol. The van der Waals surface area contributed by atoms with Crippen LogP contribution in [-0.2, 0) is 6.42 Å². The standard InChI is InChI=1S/C14H21F3N2O/c1-11(4-5-13-3-2-8-20-13)18-12-6-7-19(9-12)10-14(15,16)17/h2-3,8,11-12,18H,4-7,9-10H2,1H3. The van der Waals surface area contributed by atoms with Crippen molar-refractivity contribution in [3.05, 3.63) is 24.2 Å². The minimum absolute atomic E-state index is 0.156. The van der Waals surface area contributed by atoms with Crippen LogP contribution in [0.5, 0.6) is 0 Å². The molecule has 6 heteroatoms. The largest absolute Gasteiger partial charge is 0.469 e. The SMILES string of the molecule is CC(CCc1ccco1)NC1CCN(CC(F)(F)F)C1. The van der Waals surface area contributed by atoms with Crippen molar-refractivity contribution in [1.82, 2.24) is 10.2 Å². The number of furan rings is 1. The van der Waals surface area contributed by atoms with Gasteiger partial charge in [-0.05, 0) is 31.9 Å². The van der Waals surface area contributed by atoms with Crippen molar-refractivity contribution in [3.8, 4) is 0 Å². The van der Waals surface area contributed by atoms with Gasteiger partial charge in [0.15, 0.2) is 0 Å². The highest BCUT2D eigenvalue weighted by Crippen LogP contribution is 2.20. The van der Waals surface area contributed by atoms with Crippen LogP contribution in [0.2, 0.25) is 0 Å². The van der Waals surface area contributed by atoms with Gasteiger partial charge in [-0.3, -0.25) is 4.90 Å². The Labute approximate surface area is 117 Å². The molecule has 2 rings (SSSR count). The molecule has 0 bridgehead atoms. The molecule has 0 aromatic carbocycles. The Morgan fingerprint density at radius 1 is 1.50 bits per heavy atom. The van der Waals surface area contributed by atoms with Gasteiger partial charge in [0, 0.05) is 31.6 Å². The van der Waals surface area contributed by atoms with Gasteiger partial charge in [0.05, 0.1) is 12.8 Å². The first-order valence-electron chi connectivity index (χ1n) is 7.00. The fourth-order valence-electron chi connectivity index (χ4n) is 2.67. The van der Waals surface area contributed by atoms with Crippen LogP contribution in [0.15, 0.2) is 22.8 Å². The van der Waals surface area contributed by atoms with Gasteiger partial charge in [0.1, 0.15) is 5.76 Å². The van der Waals surface area contributed by atoms with Gasteiger partial charge in [-0.2, -0.15) is 13.2 Å². The number of rotatable bonds is 6. The van der Waals surface area contributed by atoms with Crippen LogP contribution in [0.25, 0.3) is 0 Å². The second-order valence-corrected chi connectivity index (χ2v) is 5.52. The number of hydrogen-bond acceptors (Lipinski definition) is 3. The summed E-state index contributed by atoms with van der Waals surface area (Å²) in [6.45, 7) is 2.26. The summed E-state index contributed by atoms with van der Waals surface area (Å²) < 4.78 is 42.2. The van der Waals surface area contributed by atoms with Crippen LogP contribution in [0.3, 0.4) is 0 Å². The number of likely N-dealkylation sites (tertiary alicyclic amines) is 1. The fraction of sp³-hybridized carbons (Fsp3) is 0.714. The third-order valence-corrected chi connectivity index (χ3v) is 3.60. The Balaban J connectivity index is 1.66. The normalized spacial score (nSPS) is 22.3. The molecule has 20 heavy (non-hydrogen) atoms. The molecule has 0 amide bonds. The first-order valence-corrected chi connectivity index (χ1v) is 7.00. The Bertz CT molecular complexity index is 392. The molecule has 0 radical (unpaired) electrons. The molecule has 0 spiro atoms. The summed E-state index contributed by atoms with van der Waals surface area (Å²) in [7, 11) is 0. The van der Waals surface area contributed by atoms with Crippen molar-refractivity contribution in [2.45, 2.75) is 44.4 Å². The topological polar surface area (TPSA) is 28.4 Å². The van der Waals surface area contributed by atoms with Crippen molar-refractivity contribution in [2.24, 2.45) is 0 Å². The van der Waals surface area contributed by atoms with Crippen LogP contribution in [0.1, 0.15) is 25.5 Å². The molecule has 0 aliphatic carbocycles. The molecule has 1 aromatic rings. The number of nitrogens with one attached hydrogen (secondary N) is 1. The Kier molecular flexibility index (Phi) is 5.10. The maximum Gasteiger partial charge on any atom is 0.401 e. The highest BCUT2D eigenvalue weighted by molar-refractivity contribution is 4.98. The van der Waals surface area contributed by atoms with Gasteiger partial charge in [-0.25, -0.2) is 0 Å². The van der Waals surface area contributed by atoms with Gasteiger partial charge in [0.2, 0.25) is 0 Å². The number of hydrogen-bond donors (Lipinski definition) is 1. The summed E-state index contributed by atoms with van der Waals surface area (Å²) in [5, 5.41) is 3.41. The zero-order chi connectivity index (χ0) is 14.6. The molecule has 2 heterocycles. The molecule has 1 aromatic heterocycles. The highest BCUT2D eigenvalue weighted by Gasteiger charge is 2.34. The van der Waals surface area contributed by atoms with E-state index in [0.29, 0.717) is 13.1 Å². The van der Waals surface area contributed by atoms with Gasteiger partial charge in [0.25, 0.3) is 0 Å². The lowest BCUT2D eigenvalue weighted by molar-refractivity contribution is -0.143. The maximum atomic E-state index is 12.3. The minimum Gasteiger partial charge on any atom is -0.469 e. The van der Waals surface area contributed by atoms with Crippen LogP contribution >= 0.6 is 0 Å². The van der Waals surface area contributed by atoms with Crippen molar-refractivity contribution in [1.29, 1.82) is 0 Å². The number of alkyl halides is 3. The number of halogens is 3. The van der Waals surface area contributed by atoms with Crippen molar-refractivity contribution in [2.75, 3.05) is 19.6 Å². The van der Waals surface area contributed by atoms with E-state index in [1.807, 2.05) is 12.1 Å². The summed E-state index contributed by atoms with van der Waals surface area (Å²) in [4.78, 5) is 1.47. The third kappa shape index (κ3) is 5.17. The third-order valence-electron chi connectivity index (χ3n) is 3.60. The minimum atomic E-state index is -4.10. The second-order valence-electron chi connectivity index (χ2n) is 5.52. The first-order chi connectivity index (χ1) is 9.42. The van der Waals surface area contributed by atoms with E-state index >= 15 is 0 Å². The van der Waals surface area contributed by atoms with Crippen molar-refractivity contribution in [3.63, 3.8) is 0 Å². The van der Waals surface area contributed by atoms with E-state index in [4.69, 9.17) is 4.42 Å². The first kappa shape index (κ1) is 15.4. The fourth-order valence-corrected chi connectivity index (χ4v) is 2.67. The Morgan fingerprint density at radius 2 is 2.30 bits per heavy atom. The van der Waals surface area contributed by atoms with Gasteiger partial charge < -0.3 is 9.73 Å². The zero-order valence-electron chi connectivity index (χ0n) is 11.6. The second kappa shape index (κ2) is 6.63. The summed E-state index contributed by atoms with van der Waals surface area (Å²) in [6, 6.07) is 4.23. The summed E-state index contributed by atoms with van der Waals surface area (Å²) in [5.41, 5.74) is 0. The van der Waals surface area contributed by atoms with E-state index < -0.39 is 12.7 Å². The molecule has 3 nitrogen and oxygen atoms in total. The lowest BCUT2D eigenvalue weighted by Crippen LogP contribution is -2.40. The molecule has 2 unspecified atom stereocenters.